The lowest BCUT2D eigenvalue weighted by molar-refractivity contribution is 0.0505. The van der Waals surface area contributed by atoms with Crippen molar-refractivity contribution < 1.29 is 19.1 Å². The van der Waals surface area contributed by atoms with Crippen LogP contribution in [0.4, 0.5) is 0 Å². The van der Waals surface area contributed by atoms with E-state index in [1.54, 1.807) is 13.8 Å². The van der Waals surface area contributed by atoms with E-state index in [1.165, 1.54) is 6.07 Å². The average Bonchev–Trinajstić information content (AvgIpc) is 2.38. The molecule has 0 N–H and O–H groups in total. The van der Waals surface area contributed by atoms with Gasteiger partial charge in [0.05, 0.1) is 24.3 Å². The highest BCUT2D eigenvalue weighted by Gasteiger charge is 2.17. The van der Waals surface area contributed by atoms with Crippen LogP contribution in [0.25, 0.3) is 0 Å². The summed E-state index contributed by atoms with van der Waals surface area (Å²) in [6.07, 6.45) is 1.14. The third-order valence-electron chi connectivity index (χ3n) is 2.00. The van der Waals surface area contributed by atoms with Crippen molar-refractivity contribution in [2.75, 3.05) is 13.2 Å². The summed E-state index contributed by atoms with van der Waals surface area (Å²) in [4.78, 5) is 26.7. The van der Waals surface area contributed by atoms with Crippen LogP contribution in [0.15, 0.2) is 12.3 Å². The summed E-state index contributed by atoms with van der Waals surface area (Å²) >= 11 is 0. The Labute approximate surface area is 104 Å². The fraction of sp³-hybridized carbons (Fsp3) is 0.333. The molecular weight excluding hydrogens is 236 g/mol. The largest absolute Gasteiger partial charge is 0.462 e. The second kappa shape index (κ2) is 6.35. The standard InChI is InChI=1S/C12H12N2O4/c1-3-17-11(15)9-7-14-10(5-8(9)6-13)12(16)18-4-2/h5,7H,3-4H2,1-2H3. The van der Waals surface area contributed by atoms with Crippen LogP contribution in [-0.2, 0) is 9.47 Å². The molecule has 0 spiro atoms. The summed E-state index contributed by atoms with van der Waals surface area (Å²) in [6.45, 7) is 3.73. The van der Waals surface area contributed by atoms with E-state index in [4.69, 9.17) is 14.7 Å². The van der Waals surface area contributed by atoms with Gasteiger partial charge >= 0.3 is 11.9 Å². The summed E-state index contributed by atoms with van der Waals surface area (Å²) in [6, 6.07) is 3.04. The van der Waals surface area contributed by atoms with Gasteiger partial charge < -0.3 is 9.47 Å². The number of carbonyl (C=O) groups excluding carboxylic acids is 2. The number of hydrogen-bond acceptors (Lipinski definition) is 6. The maximum atomic E-state index is 11.5. The second-order valence-corrected chi connectivity index (χ2v) is 3.17. The minimum absolute atomic E-state index is 0.0125. The zero-order chi connectivity index (χ0) is 13.5. The topological polar surface area (TPSA) is 89.3 Å². The molecule has 0 aromatic carbocycles. The van der Waals surface area contributed by atoms with Crippen LogP contribution in [0.2, 0.25) is 0 Å². The molecule has 18 heavy (non-hydrogen) atoms. The molecule has 1 heterocycles. The highest BCUT2D eigenvalue weighted by molar-refractivity contribution is 5.94. The van der Waals surface area contributed by atoms with Crippen molar-refractivity contribution in [1.82, 2.24) is 4.98 Å². The van der Waals surface area contributed by atoms with E-state index in [2.05, 4.69) is 4.98 Å². The first-order valence-corrected chi connectivity index (χ1v) is 5.38. The molecule has 0 atom stereocenters. The summed E-state index contributed by atoms with van der Waals surface area (Å²) < 4.78 is 9.52. The van der Waals surface area contributed by atoms with E-state index in [0.717, 1.165) is 6.20 Å². The molecule has 0 radical (unpaired) electrons. The van der Waals surface area contributed by atoms with Gasteiger partial charge in [-0.05, 0) is 19.9 Å². The smallest absolute Gasteiger partial charge is 0.356 e. The molecule has 0 saturated heterocycles. The molecule has 6 heteroatoms. The average molecular weight is 248 g/mol. The molecule has 1 aromatic heterocycles. The van der Waals surface area contributed by atoms with Crippen LogP contribution in [0, 0.1) is 11.3 Å². The Balaban J connectivity index is 3.08. The Morgan fingerprint density at radius 3 is 2.44 bits per heavy atom. The van der Waals surface area contributed by atoms with Gasteiger partial charge in [-0.3, -0.25) is 0 Å². The number of nitrogens with zero attached hydrogens (tertiary/aromatic N) is 2. The maximum Gasteiger partial charge on any atom is 0.356 e. The molecule has 0 aliphatic heterocycles. The minimum Gasteiger partial charge on any atom is -0.462 e. The lowest BCUT2D eigenvalue weighted by atomic mass is 10.1. The van der Waals surface area contributed by atoms with Crippen molar-refractivity contribution in [3.8, 4) is 6.07 Å². The lowest BCUT2D eigenvalue weighted by Crippen LogP contribution is -2.12. The number of rotatable bonds is 4. The molecule has 0 fully saturated rings. The van der Waals surface area contributed by atoms with Crippen molar-refractivity contribution in [3.63, 3.8) is 0 Å². The molecule has 0 aliphatic rings. The van der Waals surface area contributed by atoms with Crippen molar-refractivity contribution in [1.29, 1.82) is 5.26 Å². The molecule has 0 aliphatic carbocycles. The molecule has 1 aromatic rings. The van der Waals surface area contributed by atoms with E-state index in [9.17, 15) is 9.59 Å². The molecular formula is C12H12N2O4. The summed E-state index contributed by atoms with van der Waals surface area (Å²) in [5.74, 6) is -1.28. The van der Waals surface area contributed by atoms with Crippen LogP contribution in [0.1, 0.15) is 40.3 Å². The quantitative estimate of drug-likeness (QED) is 0.746. The number of carbonyl (C=O) groups is 2. The van der Waals surface area contributed by atoms with Crippen LogP contribution < -0.4 is 0 Å². The fourth-order valence-electron chi connectivity index (χ4n) is 1.24. The van der Waals surface area contributed by atoms with Gasteiger partial charge in [0.15, 0.2) is 0 Å². The first-order valence-electron chi connectivity index (χ1n) is 5.38. The highest BCUT2D eigenvalue weighted by atomic mass is 16.5. The highest BCUT2D eigenvalue weighted by Crippen LogP contribution is 2.11. The van der Waals surface area contributed by atoms with Gasteiger partial charge in [0, 0.05) is 6.20 Å². The third kappa shape index (κ3) is 3.04. The van der Waals surface area contributed by atoms with Gasteiger partial charge in [-0.15, -0.1) is 0 Å². The first-order chi connectivity index (χ1) is 8.63. The van der Waals surface area contributed by atoms with Crippen molar-refractivity contribution in [2.24, 2.45) is 0 Å². The van der Waals surface area contributed by atoms with Crippen LogP contribution in [0.3, 0.4) is 0 Å². The number of nitriles is 1. The predicted molar refractivity (Wildman–Crippen MR) is 60.9 cm³/mol. The number of esters is 2. The molecule has 0 amide bonds. The zero-order valence-electron chi connectivity index (χ0n) is 10.1. The summed E-state index contributed by atoms with van der Waals surface area (Å²) in [7, 11) is 0. The molecule has 94 valence electrons. The van der Waals surface area contributed by atoms with Gasteiger partial charge in [0.1, 0.15) is 11.8 Å². The van der Waals surface area contributed by atoms with Crippen molar-refractivity contribution in [3.05, 3.63) is 29.1 Å². The first kappa shape index (κ1) is 13.6. The predicted octanol–water partition coefficient (Wildman–Crippen LogP) is 1.31. The minimum atomic E-state index is -0.642. The Kier molecular flexibility index (Phi) is 4.81. The monoisotopic (exact) mass is 248 g/mol. The fourth-order valence-corrected chi connectivity index (χ4v) is 1.24. The van der Waals surface area contributed by atoms with Crippen molar-refractivity contribution >= 4 is 11.9 Å². The normalized spacial score (nSPS) is 9.39. The van der Waals surface area contributed by atoms with Crippen LogP contribution in [0.5, 0.6) is 0 Å². The molecule has 0 bridgehead atoms. The van der Waals surface area contributed by atoms with Gasteiger partial charge in [-0.25, -0.2) is 14.6 Å². The molecule has 0 unspecified atom stereocenters. The van der Waals surface area contributed by atoms with E-state index in [0.29, 0.717) is 0 Å². The van der Waals surface area contributed by atoms with Crippen LogP contribution >= 0.6 is 0 Å². The second-order valence-electron chi connectivity index (χ2n) is 3.17. The Hall–Kier alpha value is -2.42. The summed E-state index contributed by atoms with van der Waals surface area (Å²) in [5, 5.41) is 8.93. The number of hydrogen-bond donors (Lipinski definition) is 0. The van der Waals surface area contributed by atoms with E-state index in [1.807, 2.05) is 6.07 Å². The Morgan fingerprint density at radius 1 is 1.28 bits per heavy atom. The molecule has 6 nitrogen and oxygen atoms in total. The van der Waals surface area contributed by atoms with E-state index >= 15 is 0 Å². The van der Waals surface area contributed by atoms with Gasteiger partial charge in [-0.2, -0.15) is 5.26 Å². The number of pyridine rings is 1. The SMILES string of the molecule is CCOC(=O)c1cc(C#N)c(C(=O)OCC)cn1. The lowest BCUT2D eigenvalue weighted by Gasteiger charge is -2.05. The Morgan fingerprint density at radius 2 is 1.89 bits per heavy atom. The van der Waals surface area contributed by atoms with Crippen molar-refractivity contribution in [2.45, 2.75) is 13.8 Å². The Bertz CT molecular complexity index is 505. The number of ether oxygens (including phenoxy) is 2. The molecule has 1 rings (SSSR count). The van der Waals surface area contributed by atoms with E-state index in [-0.39, 0.29) is 30.0 Å². The third-order valence-corrected chi connectivity index (χ3v) is 2.00. The number of aromatic nitrogens is 1. The maximum absolute atomic E-state index is 11.5. The van der Waals surface area contributed by atoms with Crippen LogP contribution in [-0.4, -0.2) is 30.1 Å². The van der Waals surface area contributed by atoms with E-state index < -0.39 is 11.9 Å². The summed E-state index contributed by atoms with van der Waals surface area (Å²) in [5.41, 5.74) is 0.0559. The molecule has 0 saturated carbocycles. The van der Waals surface area contributed by atoms with Gasteiger partial charge in [0.25, 0.3) is 0 Å². The van der Waals surface area contributed by atoms with Gasteiger partial charge in [-0.1, -0.05) is 0 Å². The van der Waals surface area contributed by atoms with Gasteiger partial charge in [0.2, 0.25) is 0 Å². The zero-order valence-corrected chi connectivity index (χ0v) is 10.1.